The van der Waals surface area contributed by atoms with Crippen molar-refractivity contribution in [1.82, 2.24) is 10.6 Å². The Hall–Kier alpha value is -0.770. The van der Waals surface area contributed by atoms with E-state index in [1.807, 2.05) is 0 Å². The lowest BCUT2D eigenvalue weighted by molar-refractivity contribution is 0.214. The minimum atomic E-state index is -0.184. The molecule has 0 aromatic carbocycles. The quantitative estimate of drug-likeness (QED) is 0.735. The van der Waals surface area contributed by atoms with Gasteiger partial charge in [0.05, 0.1) is 0 Å². The summed E-state index contributed by atoms with van der Waals surface area (Å²) in [5, 5.41) is 6.06. The van der Waals surface area contributed by atoms with Gasteiger partial charge >= 0.3 is 6.03 Å². The van der Waals surface area contributed by atoms with Gasteiger partial charge < -0.3 is 16.4 Å². The lowest BCUT2D eigenvalue weighted by atomic mass is 9.78. The molecule has 2 aliphatic carbocycles. The van der Waals surface area contributed by atoms with Gasteiger partial charge in [0, 0.05) is 18.1 Å². The lowest BCUT2D eigenvalue weighted by Crippen LogP contribution is -2.54. The number of hydrogen-bond donors (Lipinski definition) is 3. The van der Waals surface area contributed by atoms with Crippen molar-refractivity contribution >= 4 is 6.03 Å². The third-order valence-corrected chi connectivity index (χ3v) is 4.81. The Labute approximate surface area is 116 Å². The van der Waals surface area contributed by atoms with Crippen molar-refractivity contribution in [3.05, 3.63) is 0 Å². The van der Waals surface area contributed by atoms with E-state index in [9.17, 15) is 4.79 Å². The molecule has 110 valence electrons. The number of hydrogen-bond acceptors (Lipinski definition) is 2. The van der Waals surface area contributed by atoms with Crippen molar-refractivity contribution in [1.29, 1.82) is 0 Å². The van der Waals surface area contributed by atoms with Crippen LogP contribution >= 0.6 is 0 Å². The number of amides is 2. The van der Waals surface area contributed by atoms with Crippen molar-refractivity contribution < 1.29 is 4.79 Å². The van der Waals surface area contributed by atoms with Gasteiger partial charge in [0.25, 0.3) is 0 Å². The van der Waals surface area contributed by atoms with Crippen molar-refractivity contribution in [3.8, 4) is 0 Å². The molecule has 4 N–H and O–H groups in total. The Balaban J connectivity index is 1.67. The first-order valence-electron chi connectivity index (χ1n) is 7.91. The number of rotatable bonds is 3. The number of carbonyl (C=O) groups is 1. The standard InChI is InChI=1S/C15H29N3O/c1-12-7-9-15(16,10-8-12)11-17-14(19)18-13-5-3-2-4-6-13/h12-13H,2-11,16H2,1H3,(H2,17,18,19). The fourth-order valence-electron chi connectivity index (χ4n) is 3.25. The monoisotopic (exact) mass is 267 g/mol. The van der Waals surface area contributed by atoms with Crippen molar-refractivity contribution in [3.63, 3.8) is 0 Å². The molecule has 2 rings (SSSR count). The number of nitrogens with one attached hydrogen (secondary N) is 2. The van der Waals surface area contributed by atoms with E-state index in [2.05, 4.69) is 17.6 Å². The molecule has 2 fully saturated rings. The molecular formula is C15H29N3O. The molecule has 0 bridgehead atoms. The zero-order valence-corrected chi connectivity index (χ0v) is 12.2. The van der Waals surface area contributed by atoms with Gasteiger partial charge in [-0.05, 0) is 44.4 Å². The second-order valence-electron chi connectivity index (χ2n) is 6.71. The Morgan fingerprint density at radius 2 is 1.79 bits per heavy atom. The van der Waals surface area contributed by atoms with Gasteiger partial charge in [-0.2, -0.15) is 0 Å². The van der Waals surface area contributed by atoms with Crippen LogP contribution < -0.4 is 16.4 Å². The average molecular weight is 267 g/mol. The fraction of sp³-hybridized carbons (Fsp3) is 0.933. The van der Waals surface area contributed by atoms with Crippen LogP contribution in [0.15, 0.2) is 0 Å². The summed E-state index contributed by atoms with van der Waals surface area (Å²) in [6.07, 6.45) is 10.5. The highest BCUT2D eigenvalue weighted by Crippen LogP contribution is 2.29. The van der Waals surface area contributed by atoms with Gasteiger partial charge in [-0.3, -0.25) is 0 Å². The van der Waals surface area contributed by atoms with E-state index in [0.29, 0.717) is 12.6 Å². The zero-order chi connectivity index (χ0) is 13.7. The minimum Gasteiger partial charge on any atom is -0.336 e. The highest BCUT2D eigenvalue weighted by atomic mass is 16.2. The molecule has 0 unspecified atom stereocenters. The van der Waals surface area contributed by atoms with Crippen molar-refractivity contribution in [2.24, 2.45) is 11.7 Å². The van der Waals surface area contributed by atoms with Crippen LogP contribution in [0.5, 0.6) is 0 Å². The van der Waals surface area contributed by atoms with Crippen molar-refractivity contribution in [2.75, 3.05) is 6.54 Å². The number of carbonyl (C=O) groups excluding carboxylic acids is 1. The predicted molar refractivity (Wildman–Crippen MR) is 78.0 cm³/mol. The van der Waals surface area contributed by atoms with E-state index in [4.69, 9.17) is 5.73 Å². The van der Waals surface area contributed by atoms with E-state index >= 15 is 0 Å². The molecular weight excluding hydrogens is 238 g/mol. The van der Waals surface area contributed by atoms with Crippen LogP contribution in [0.2, 0.25) is 0 Å². The highest BCUT2D eigenvalue weighted by molar-refractivity contribution is 5.74. The first kappa shape index (κ1) is 14.6. The molecule has 4 nitrogen and oxygen atoms in total. The van der Waals surface area contributed by atoms with Crippen LogP contribution in [-0.4, -0.2) is 24.2 Å². The molecule has 2 amide bonds. The van der Waals surface area contributed by atoms with Gasteiger partial charge in [-0.1, -0.05) is 26.2 Å². The van der Waals surface area contributed by atoms with Gasteiger partial charge in [-0.15, -0.1) is 0 Å². The summed E-state index contributed by atoms with van der Waals surface area (Å²) in [6, 6.07) is 0.337. The van der Waals surface area contributed by atoms with Crippen LogP contribution in [0.3, 0.4) is 0 Å². The molecule has 0 radical (unpaired) electrons. The smallest absolute Gasteiger partial charge is 0.315 e. The second-order valence-corrected chi connectivity index (χ2v) is 6.71. The van der Waals surface area contributed by atoms with Crippen LogP contribution in [0.4, 0.5) is 4.79 Å². The first-order chi connectivity index (χ1) is 9.07. The topological polar surface area (TPSA) is 67.1 Å². The maximum atomic E-state index is 11.9. The number of nitrogens with two attached hydrogens (primary N) is 1. The summed E-state index contributed by atoms with van der Waals surface area (Å²) < 4.78 is 0. The molecule has 0 aromatic heterocycles. The molecule has 0 heterocycles. The maximum absolute atomic E-state index is 11.9. The zero-order valence-electron chi connectivity index (χ0n) is 12.2. The SMILES string of the molecule is CC1CCC(N)(CNC(=O)NC2CCCCC2)CC1. The summed E-state index contributed by atoms with van der Waals surface area (Å²) in [7, 11) is 0. The van der Waals surface area contributed by atoms with Gasteiger partial charge in [0.2, 0.25) is 0 Å². The molecule has 0 aromatic rings. The third-order valence-electron chi connectivity index (χ3n) is 4.81. The van der Waals surface area contributed by atoms with Crippen LogP contribution in [0, 0.1) is 5.92 Å². The Bertz CT molecular complexity index is 292. The summed E-state index contributed by atoms with van der Waals surface area (Å²) in [4.78, 5) is 11.9. The summed E-state index contributed by atoms with van der Waals surface area (Å²) in [5.41, 5.74) is 6.18. The summed E-state index contributed by atoms with van der Waals surface area (Å²) >= 11 is 0. The predicted octanol–water partition coefficient (Wildman–Crippen LogP) is 2.53. The molecule has 0 aliphatic heterocycles. The second kappa shape index (κ2) is 6.60. The molecule has 4 heteroatoms. The Morgan fingerprint density at radius 3 is 2.42 bits per heavy atom. The Kier molecular flexibility index (Phi) is 5.08. The normalized spacial score (nSPS) is 32.8. The van der Waals surface area contributed by atoms with Gasteiger partial charge in [-0.25, -0.2) is 4.79 Å². The van der Waals surface area contributed by atoms with E-state index in [-0.39, 0.29) is 11.6 Å². The third kappa shape index (κ3) is 4.68. The molecule has 2 aliphatic rings. The summed E-state index contributed by atoms with van der Waals surface area (Å²) in [5.74, 6) is 0.785. The largest absolute Gasteiger partial charge is 0.336 e. The summed E-state index contributed by atoms with van der Waals surface area (Å²) in [6.45, 7) is 2.89. The van der Waals surface area contributed by atoms with E-state index in [1.54, 1.807) is 0 Å². The minimum absolute atomic E-state index is 0.0321. The van der Waals surface area contributed by atoms with E-state index in [1.165, 1.54) is 32.1 Å². The van der Waals surface area contributed by atoms with Crippen molar-refractivity contribution in [2.45, 2.75) is 76.3 Å². The van der Waals surface area contributed by atoms with Crippen LogP contribution in [0.25, 0.3) is 0 Å². The maximum Gasteiger partial charge on any atom is 0.315 e. The highest BCUT2D eigenvalue weighted by Gasteiger charge is 2.30. The Morgan fingerprint density at radius 1 is 1.16 bits per heavy atom. The molecule has 19 heavy (non-hydrogen) atoms. The number of urea groups is 1. The van der Waals surface area contributed by atoms with Crippen LogP contribution in [-0.2, 0) is 0 Å². The molecule has 2 saturated carbocycles. The van der Waals surface area contributed by atoms with Gasteiger partial charge in [0.15, 0.2) is 0 Å². The average Bonchev–Trinajstić information content (AvgIpc) is 2.42. The van der Waals surface area contributed by atoms with E-state index in [0.717, 1.165) is 31.6 Å². The van der Waals surface area contributed by atoms with E-state index < -0.39 is 0 Å². The molecule has 0 atom stereocenters. The lowest BCUT2D eigenvalue weighted by Gasteiger charge is -2.36. The molecule has 0 saturated heterocycles. The first-order valence-corrected chi connectivity index (χ1v) is 7.91. The molecule has 0 spiro atoms. The fourth-order valence-corrected chi connectivity index (χ4v) is 3.25. The van der Waals surface area contributed by atoms with Crippen LogP contribution in [0.1, 0.15) is 64.7 Å². The van der Waals surface area contributed by atoms with Gasteiger partial charge in [0.1, 0.15) is 0 Å².